The molecule has 0 saturated carbocycles. The van der Waals surface area contributed by atoms with Crippen molar-refractivity contribution in [3.63, 3.8) is 0 Å². The molecule has 138 valence electrons. The average Bonchev–Trinajstić information content (AvgIpc) is 3.36. The predicted molar refractivity (Wildman–Crippen MR) is 102 cm³/mol. The molecule has 0 radical (unpaired) electrons. The average molecular weight is 372 g/mol. The maximum Gasteiger partial charge on any atom is 0.337 e. The van der Waals surface area contributed by atoms with Crippen LogP contribution >= 0.6 is 11.3 Å². The topological polar surface area (TPSA) is 58.6 Å². The second-order valence-electron chi connectivity index (χ2n) is 6.53. The number of hydrogen-bond donors (Lipinski definition) is 1. The van der Waals surface area contributed by atoms with E-state index >= 15 is 0 Å². The number of rotatable bonds is 6. The molecular formula is C20H24N2O3S. The summed E-state index contributed by atoms with van der Waals surface area (Å²) in [5.41, 5.74) is 2.77. The van der Waals surface area contributed by atoms with Gasteiger partial charge in [-0.15, -0.1) is 0 Å². The lowest BCUT2D eigenvalue weighted by atomic mass is 10.1. The number of esters is 1. The number of amides is 1. The van der Waals surface area contributed by atoms with Crippen molar-refractivity contribution in [3.8, 4) is 0 Å². The lowest BCUT2D eigenvalue weighted by Gasteiger charge is -2.29. The van der Waals surface area contributed by atoms with Crippen molar-refractivity contribution in [2.45, 2.75) is 38.4 Å². The van der Waals surface area contributed by atoms with Gasteiger partial charge in [0.15, 0.2) is 0 Å². The number of methoxy groups -OCH3 is 1. The molecule has 2 heterocycles. The first-order chi connectivity index (χ1) is 12.6. The Morgan fingerprint density at radius 3 is 2.73 bits per heavy atom. The van der Waals surface area contributed by atoms with Gasteiger partial charge in [-0.05, 0) is 66.4 Å². The quantitative estimate of drug-likeness (QED) is 0.790. The molecule has 1 aliphatic rings. The third-order valence-electron chi connectivity index (χ3n) is 4.94. The van der Waals surface area contributed by atoms with Crippen LogP contribution in [-0.4, -0.2) is 36.5 Å². The van der Waals surface area contributed by atoms with Crippen LogP contribution < -0.4 is 5.32 Å². The normalized spacial score (nSPS) is 18.5. The fourth-order valence-corrected chi connectivity index (χ4v) is 4.15. The van der Waals surface area contributed by atoms with Crippen molar-refractivity contribution < 1.29 is 14.3 Å². The van der Waals surface area contributed by atoms with Gasteiger partial charge >= 0.3 is 5.97 Å². The van der Waals surface area contributed by atoms with Crippen LogP contribution in [0.25, 0.3) is 0 Å². The standard InChI is InChI=1S/C20H24N2O3S/c1-14(22-10-3-4-18(22)17-9-11-26-13-17)19(23)21-12-15-5-7-16(8-6-15)20(24)25-2/h5-9,11,13-14,18H,3-4,10,12H2,1-2H3,(H,21,23)/t14-,18-/m0/s1. The van der Waals surface area contributed by atoms with Crippen LogP contribution in [0.5, 0.6) is 0 Å². The number of benzene rings is 1. The highest BCUT2D eigenvalue weighted by Gasteiger charge is 2.32. The Hall–Kier alpha value is -2.18. The second kappa shape index (κ2) is 8.47. The van der Waals surface area contributed by atoms with Crippen molar-refractivity contribution in [2.24, 2.45) is 0 Å². The first-order valence-corrected chi connectivity index (χ1v) is 9.77. The van der Waals surface area contributed by atoms with E-state index in [2.05, 4.69) is 31.8 Å². The first kappa shape index (κ1) is 18.6. The Morgan fingerprint density at radius 2 is 2.08 bits per heavy atom. The summed E-state index contributed by atoms with van der Waals surface area (Å²) in [6.45, 7) is 3.37. The molecular weight excluding hydrogens is 348 g/mol. The molecule has 5 nitrogen and oxygen atoms in total. The van der Waals surface area contributed by atoms with Gasteiger partial charge < -0.3 is 10.1 Å². The third-order valence-corrected chi connectivity index (χ3v) is 5.64. The smallest absolute Gasteiger partial charge is 0.337 e. The molecule has 1 aliphatic heterocycles. The van der Waals surface area contributed by atoms with E-state index in [4.69, 9.17) is 0 Å². The minimum absolute atomic E-state index is 0.0316. The highest BCUT2D eigenvalue weighted by atomic mass is 32.1. The minimum Gasteiger partial charge on any atom is -0.465 e. The highest BCUT2D eigenvalue weighted by Crippen LogP contribution is 2.34. The molecule has 1 saturated heterocycles. The van der Waals surface area contributed by atoms with Crippen molar-refractivity contribution in [1.82, 2.24) is 10.2 Å². The highest BCUT2D eigenvalue weighted by molar-refractivity contribution is 7.07. The molecule has 0 aliphatic carbocycles. The zero-order chi connectivity index (χ0) is 18.5. The summed E-state index contributed by atoms with van der Waals surface area (Å²) in [6, 6.07) is 9.41. The summed E-state index contributed by atoms with van der Waals surface area (Å²) in [5.74, 6) is -0.327. The molecule has 0 spiro atoms. The van der Waals surface area contributed by atoms with Crippen LogP contribution in [0.3, 0.4) is 0 Å². The Morgan fingerprint density at radius 1 is 1.31 bits per heavy atom. The summed E-state index contributed by atoms with van der Waals surface area (Å²) >= 11 is 1.70. The van der Waals surface area contributed by atoms with Gasteiger partial charge in [0.25, 0.3) is 0 Å². The largest absolute Gasteiger partial charge is 0.465 e. The second-order valence-corrected chi connectivity index (χ2v) is 7.31. The van der Waals surface area contributed by atoms with Crippen LogP contribution in [-0.2, 0) is 16.1 Å². The van der Waals surface area contributed by atoms with Gasteiger partial charge in [-0.1, -0.05) is 12.1 Å². The van der Waals surface area contributed by atoms with E-state index in [-0.39, 0.29) is 17.9 Å². The predicted octanol–water partition coefficient (Wildman–Crippen LogP) is 3.38. The Kier molecular flexibility index (Phi) is 6.06. The Bertz CT molecular complexity index is 743. The van der Waals surface area contributed by atoms with E-state index in [0.29, 0.717) is 18.2 Å². The molecule has 1 fully saturated rings. The maximum atomic E-state index is 12.6. The van der Waals surface area contributed by atoms with Crippen LogP contribution in [0.1, 0.15) is 47.3 Å². The van der Waals surface area contributed by atoms with E-state index < -0.39 is 0 Å². The summed E-state index contributed by atoms with van der Waals surface area (Å²) in [4.78, 5) is 26.4. The van der Waals surface area contributed by atoms with E-state index in [1.54, 1.807) is 23.5 Å². The zero-order valence-corrected chi connectivity index (χ0v) is 15.9. The number of carbonyl (C=O) groups is 2. The number of nitrogens with one attached hydrogen (secondary N) is 1. The molecule has 1 aromatic heterocycles. The number of ether oxygens (including phenoxy) is 1. The number of likely N-dealkylation sites (tertiary alicyclic amines) is 1. The molecule has 2 atom stereocenters. The molecule has 0 bridgehead atoms. The Balaban J connectivity index is 1.56. The molecule has 26 heavy (non-hydrogen) atoms. The van der Waals surface area contributed by atoms with Gasteiger partial charge in [0.1, 0.15) is 0 Å². The Labute approximate surface area is 158 Å². The van der Waals surface area contributed by atoms with Crippen LogP contribution in [0, 0.1) is 0 Å². The van der Waals surface area contributed by atoms with Crippen LogP contribution in [0.4, 0.5) is 0 Å². The lowest BCUT2D eigenvalue weighted by Crippen LogP contribution is -2.44. The van der Waals surface area contributed by atoms with Gasteiger partial charge in [0, 0.05) is 12.6 Å². The van der Waals surface area contributed by atoms with Gasteiger partial charge in [0.05, 0.1) is 18.7 Å². The number of hydrogen-bond acceptors (Lipinski definition) is 5. The van der Waals surface area contributed by atoms with Crippen molar-refractivity contribution in [1.29, 1.82) is 0 Å². The first-order valence-electron chi connectivity index (χ1n) is 8.83. The van der Waals surface area contributed by atoms with E-state index in [1.165, 1.54) is 12.7 Å². The van der Waals surface area contributed by atoms with Gasteiger partial charge in [-0.3, -0.25) is 9.69 Å². The molecule has 1 amide bonds. The van der Waals surface area contributed by atoms with Crippen LogP contribution in [0.2, 0.25) is 0 Å². The van der Waals surface area contributed by atoms with E-state index in [9.17, 15) is 9.59 Å². The molecule has 1 aromatic carbocycles. The molecule has 0 unspecified atom stereocenters. The fourth-order valence-electron chi connectivity index (χ4n) is 3.44. The maximum absolute atomic E-state index is 12.6. The van der Waals surface area contributed by atoms with Gasteiger partial charge in [-0.25, -0.2) is 4.79 Å². The van der Waals surface area contributed by atoms with Gasteiger partial charge in [-0.2, -0.15) is 11.3 Å². The molecule has 6 heteroatoms. The van der Waals surface area contributed by atoms with Crippen molar-refractivity contribution in [3.05, 3.63) is 57.8 Å². The minimum atomic E-state index is -0.359. The molecule has 1 N–H and O–H groups in total. The van der Waals surface area contributed by atoms with Gasteiger partial charge in [0.2, 0.25) is 5.91 Å². The SMILES string of the molecule is COC(=O)c1ccc(CNC(=O)[C@H](C)N2CCC[C@H]2c2ccsc2)cc1. The summed E-state index contributed by atoms with van der Waals surface area (Å²) in [5, 5.41) is 7.28. The van der Waals surface area contributed by atoms with Crippen molar-refractivity contribution in [2.75, 3.05) is 13.7 Å². The monoisotopic (exact) mass is 372 g/mol. The fraction of sp³-hybridized carbons (Fsp3) is 0.400. The van der Waals surface area contributed by atoms with Crippen LogP contribution in [0.15, 0.2) is 41.1 Å². The summed E-state index contributed by atoms with van der Waals surface area (Å²) in [7, 11) is 1.36. The molecule has 3 rings (SSSR count). The van der Waals surface area contributed by atoms with E-state index in [1.807, 2.05) is 19.1 Å². The number of carbonyl (C=O) groups excluding carboxylic acids is 2. The van der Waals surface area contributed by atoms with E-state index in [0.717, 1.165) is 24.9 Å². The third kappa shape index (κ3) is 4.14. The lowest BCUT2D eigenvalue weighted by molar-refractivity contribution is -0.126. The summed E-state index contributed by atoms with van der Waals surface area (Å²) < 4.78 is 4.69. The number of nitrogens with zero attached hydrogens (tertiary/aromatic N) is 1. The molecule has 2 aromatic rings. The summed E-state index contributed by atoms with van der Waals surface area (Å²) in [6.07, 6.45) is 2.22. The number of thiophene rings is 1. The zero-order valence-electron chi connectivity index (χ0n) is 15.1. The van der Waals surface area contributed by atoms with Crippen molar-refractivity contribution >= 4 is 23.2 Å².